The molecule has 0 bridgehead atoms. The monoisotopic (exact) mass is 362 g/mol. The summed E-state index contributed by atoms with van der Waals surface area (Å²) in [5.41, 5.74) is 0. The number of aliphatic carboxylic acids is 1. The quantitative estimate of drug-likeness (QED) is 0.112. The van der Waals surface area contributed by atoms with Gasteiger partial charge in [0.1, 0.15) is 0 Å². The molecule has 0 saturated carbocycles. The molecule has 0 amide bonds. The van der Waals surface area contributed by atoms with E-state index in [2.05, 4.69) is 11.8 Å². The van der Waals surface area contributed by atoms with E-state index in [0.717, 1.165) is 25.3 Å². The minimum absolute atomic E-state index is 0.120. The van der Waals surface area contributed by atoms with Crippen LogP contribution >= 0.6 is 0 Å². The van der Waals surface area contributed by atoms with Crippen LogP contribution in [-0.2, 0) is 9.68 Å². The number of hydrogen-bond donors (Lipinski definition) is 2. The van der Waals surface area contributed by atoms with Gasteiger partial charge in [0.25, 0.3) is 0 Å². The van der Waals surface area contributed by atoms with Crippen LogP contribution in [0, 0.1) is 0 Å². The second-order valence-electron chi connectivity index (χ2n) is 6.12. The van der Waals surface area contributed by atoms with E-state index in [9.17, 15) is 4.79 Å². The molecule has 1 unspecified atom stereocenters. The lowest BCUT2D eigenvalue weighted by atomic mass is 10.1. The molecule has 0 aromatic heterocycles. The molecule has 0 saturated heterocycles. The van der Waals surface area contributed by atoms with Gasteiger partial charge in [-0.2, -0.15) is 0 Å². The Balaban J connectivity index is 3.78. The molecule has 0 aromatic rings. The van der Waals surface area contributed by atoms with Gasteiger partial charge in [0.15, 0.2) is 0 Å². The Kier molecular flexibility index (Phi) is 18.0. The van der Waals surface area contributed by atoms with Crippen molar-refractivity contribution in [2.75, 3.05) is 0 Å². The standard InChI is InChI=1S/C22H34O4/c1-2-3-4-5-12-15-18-21(26-25)19-16-13-10-8-6-7-9-11-14-17-20-22(23)24/h6-8,10-11,13-14,16-17,20-21,25H,2-5,9,12,15,18-19H2,1H3,(H,23,24)/b7-6-,10-8-,14-11?,16-13+,20-17?. The number of carboxylic acids is 1. The van der Waals surface area contributed by atoms with E-state index < -0.39 is 5.97 Å². The molecular weight excluding hydrogens is 328 g/mol. The van der Waals surface area contributed by atoms with Gasteiger partial charge in [-0.15, -0.1) is 0 Å². The van der Waals surface area contributed by atoms with E-state index in [1.807, 2.05) is 42.5 Å². The maximum atomic E-state index is 10.2. The van der Waals surface area contributed by atoms with E-state index in [4.69, 9.17) is 10.4 Å². The van der Waals surface area contributed by atoms with E-state index in [1.54, 1.807) is 6.08 Å². The smallest absolute Gasteiger partial charge is 0.328 e. The Hall–Kier alpha value is -1.91. The van der Waals surface area contributed by atoms with Gasteiger partial charge in [0.05, 0.1) is 6.10 Å². The molecule has 4 heteroatoms. The summed E-state index contributed by atoms with van der Waals surface area (Å²) in [5.74, 6) is -0.944. The molecule has 0 radical (unpaired) electrons. The SMILES string of the molecule is CCCCCCCCC(C/C=C/C=C\C=C/CC=CC=CC(=O)O)OO. The number of carbonyl (C=O) groups is 1. The Labute approximate surface area is 158 Å². The predicted molar refractivity (Wildman–Crippen MR) is 108 cm³/mol. The van der Waals surface area contributed by atoms with Crippen molar-refractivity contribution in [3.63, 3.8) is 0 Å². The molecule has 4 nitrogen and oxygen atoms in total. The van der Waals surface area contributed by atoms with Crippen LogP contribution in [0.1, 0.15) is 64.7 Å². The molecule has 0 aliphatic rings. The molecular formula is C22H34O4. The van der Waals surface area contributed by atoms with Crippen LogP contribution in [0.2, 0.25) is 0 Å². The van der Waals surface area contributed by atoms with E-state index >= 15 is 0 Å². The third-order valence-corrected chi connectivity index (χ3v) is 3.79. The average molecular weight is 363 g/mol. The summed E-state index contributed by atoms with van der Waals surface area (Å²) in [6.07, 6.45) is 27.6. The van der Waals surface area contributed by atoms with Crippen molar-refractivity contribution in [3.8, 4) is 0 Å². The van der Waals surface area contributed by atoms with Gasteiger partial charge in [0, 0.05) is 6.08 Å². The molecule has 2 N–H and O–H groups in total. The third-order valence-electron chi connectivity index (χ3n) is 3.79. The third kappa shape index (κ3) is 18.4. The van der Waals surface area contributed by atoms with E-state index in [-0.39, 0.29) is 6.10 Å². The molecule has 0 aliphatic heterocycles. The molecule has 0 fully saturated rings. The molecule has 0 spiro atoms. The van der Waals surface area contributed by atoms with Crippen molar-refractivity contribution < 1.29 is 20.0 Å². The lowest BCUT2D eigenvalue weighted by molar-refractivity contribution is -0.279. The van der Waals surface area contributed by atoms with Crippen molar-refractivity contribution in [1.29, 1.82) is 0 Å². The molecule has 0 aliphatic carbocycles. The summed E-state index contributed by atoms with van der Waals surface area (Å²) in [7, 11) is 0. The van der Waals surface area contributed by atoms with Crippen molar-refractivity contribution in [3.05, 3.63) is 60.8 Å². The highest BCUT2D eigenvalue weighted by atomic mass is 17.1. The Morgan fingerprint density at radius 1 is 0.885 bits per heavy atom. The maximum absolute atomic E-state index is 10.2. The second kappa shape index (κ2) is 19.4. The van der Waals surface area contributed by atoms with Crippen molar-refractivity contribution in [2.45, 2.75) is 70.8 Å². The lowest BCUT2D eigenvalue weighted by Crippen LogP contribution is -2.09. The summed E-state index contributed by atoms with van der Waals surface area (Å²) in [6.45, 7) is 2.21. The maximum Gasteiger partial charge on any atom is 0.328 e. The summed E-state index contributed by atoms with van der Waals surface area (Å²) in [4.78, 5) is 14.8. The van der Waals surface area contributed by atoms with Gasteiger partial charge in [-0.05, 0) is 19.3 Å². The predicted octanol–water partition coefficient (Wildman–Crippen LogP) is 6.24. The largest absolute Gasteiger partial charge is 0.478 e. The fraction of sp³-hybridized carbons (Fsp3) is 0.500. The molecule has 146 valence electrons. The van der Waals surface area contributed by atoms with Crippen LogP contribution in [-0.4, -0.2) is 22.4 Å². The number of carboxylic acid groups (broad SMARTS) is 1. The zero-order valence-corrected chi connectivity index (χ0v) is 15.9. The highest BCUT2D eigenvalue weighted by molar-refractivity contribution is 5.80. The van der Waals surface area contributed by atoms with Crippen LogP contribution < -0.4 is 0 Å². The van der Waals surface area contributed by atoms with Crippen LogP contribution in [0.4, 0.5) is 0 Å². The van der Waals surface area contributed by atoms with Crippen molar-refractivity contribution in [1.82, 2.24) is 0 Å². The normalized spacial score (nSPS) is 13.9. The van der Waals surface area contributed by atoms with Crippen LogP contribution in [0.25, 0.3) is 0 Å². The molecule has 1 atom stereocenters. The Bertz CT molecular complexity index is 473. The Morgan fingerprint density at radius 2 is 1.50 bits per heavy atom. The van der Waals surface area contributed by atoms with Crippen molar-refractivity contribution >= 4 is 5.97 Å². The van der Waals surface area contributed by atoms with Gasteiger partial charge in [-0.3, -0.25) is 5.26 Å². The fourth-order valence-corrected chi connectivity index (χ4v) is 2.33. The van der Waals surface area contributed by atoms with Gasteiger partial charge >= 0.3 is 5.97 Å². The topological polar surface area (TPSA) is 66.8 Å². The van der Waals surface area contributed by atoms with Crippen LogP contribution in [0.15, 0.2) is 60.8 Å². The number of unbranched alkanes of at least 4 members (excludes halogenated alkanes) is 5. The molecule has 26 heavy (non-hydrogen) atoms. The van der Waals surface area contributed by atoms with Crippen molar-refractivity contribution in [2.24, 2.45) is 0 Å². The van der Waals surface area contributed by atoms with Gasteiger partial charge in [0.2, 0.25) is 0 Å². The molecule has 0 aromatic carbocycles. The fourth-order valence-electron chi connectivity index (χ4n) is 2.33. The Morgan fingerprint density at radius 3 is 2.15 bits per heavy atom. The first-order chi connectivity index (χ1) is 12.7. The lowest BCUT2D eigenvalue weighted by Gasteiger charge is -2.10. The minimum atomic E-state index is -0.944. The zero-order valence-electron chi connectivity index (χ0n) is 15.9. The van der Waals surface area contributed by atoms with Crippen LogP contribution in [0.3, 0.4) is 0 Å². The average Bonchev–Trinajstić information content (AvgIpc) is 2.63. The number of rotatable bonds is 16. The number of hydrogen-bond acceptors (Lipinski definition) is 3. The number of allylic oxidation sites excluding steroid dienone is 8. The van der Waals surface area contributed by atoms with E-state index in [1.165, 1.54) is 38.2 Å². The highest BCUT2D eigenvalue weighted by Crippen LogP contribution is 2.12. The first-order valence-electron chi connectivity index (χ1n) is 9.55. The van der Waals surface area contributed by atoms with Gasteiger partial charge in [-0.25, -0.2) is 9.68 Å². The summed E-state index contributed by atoms with van der Waals surface area (Å²) in [5, 5.41) is 17.4. The first-order valence-corrected chi connectivity index (χ1v) is 9.55. The summed E-state index contributed by atoms with van der Waals surface area (Å²) < 4.78 is 0. The van der Waals surface area contributed by atoms with Gasteiger partial charge in [-0.1, -0.05) is 100 Å². The second-order valence-corrected chi connectivity index (χ2v) is 6.12. The highest BCUT2D eigenvalue weighted by Gasteiger charge is 2.05. The summed E-state index contributed by atoms with van der Waals surface area (Å²) in [6, 6.07) is 0. The summed E-state index contributed by atoms with van der Waals surface area (Å²) >= 11 is 0. The van der Waals surface area contributed by atoms with Crippen LogP contribution in [0.5, 0.6) is 0 Å². The van der Waals surface area contributed by atoms with E-state index in [0.29, 0.717) is 6.42 Å². The first kappa shape index (κ1) is 24.1. The molecule has 0 heterocycles. The zero-order chi connectivity index (χ0) is 19.3. The minimum Gasteiger partial charge on any atom is -0.478 e. The molecule has 0 rings (SSSR count). The van der Waals surface area contributed by atoms with Gasteiger partial charge < -0.3 is 5.11 Å².